The highest BCUT2D eigenvalue weighted by Gasteiger charge is 2.18. The number of benzene rings is 2. The number of para-hydroxylation sites is 1. The molecule has 0 radical (unpaired) electrons. The molecule has 1 N–H and O–H groups in total. The van der Waals surface area contributed by atoms with Crippen molar-refractivity contribution in [2.75, 3.05) is 5.32 Å². The van der Waals surface area contributed by atoms with E-state index in [1.165, 1.54) is 6.07 Å². The van der Waals surface area contributed by atoms with Gasteiger partial charge in [0, 0.05) is 17.4 Å². The zero-order valence-electron chi connectivity index (χ0n) is 14.4. The number of anilines is 2. The maximum Gasteiger partial charge on any atom is 0.143 e. The Labute approximate surface area is 156 Å². The Morgan fingerprint density at radius 3 is 2.42 bits per heavy atom. The molecule has 2 aromatic carbocycles. The average molecular weight is 366 g/mol. The second-order valence-electron chi connectivity index (χ2n) is 6.26. The number of pyridine rings is 1. The number of fused-ring (bicyclic) bond motifs is 1. The Morgan fingerprint density at radius 2 is 1.69 bits per heavy atom. The Balaban J connectivity index is 1.98. The van der Waals surface area contributed by atoms with Crippen molar-refractivity contribution in [2.45, 2.75) is 13.8 Å². The average Bonchev–Trinajstić information content (AvgIpc) is 2.96. The van der Waals surface area contributed by atoms with Gasteiger partial charge < -0.3 is 5.32 Å². The summed E-state index contributed by atoms with van der Waals surface area (Å²) in [4.78, 5) is 4.64. The van der Waals surface area contributed by atoms with Crippen LogP contribution in [0.5, 0.6) is 0 Å². The molecule has 2 aromatic heterocycles. The van der Waals surface area contributed by atoms with Gasteiger partial charge in [-0.1, -0.05) is 41.9 Å². The van der Waals surface area contributed by atoms with Gasteiger partial charge in [-0.05, 0) is 49.2 Å². The number of imidazole rings is 1. The third-order valence-electron chi connectivity index (χ3n) is 4.44. The molecule has 3 nitrogen and oxygen atoms in total. The summed E-state index contributed by atoms with van der Waals surface area (Å²) in [7, 11) is 0. The van der Waals surface area contributed by atoms with Crippen molar-refractivity contribution in [2.24, 2.45) is 0 Å². The number of halogens is 2. The number of aromatic nitrogens is 2. The van der Waals surface area contributed by atoms with Gasteiger partial charge in [0.1, 0.15) is 23.0 Å². The normalized spacial score (nSPS) is 11.1. The van der Waals surface area contributed by atoms with E-state index in [0.29, 0.717) is 27.7 Å². The number of aryl methyl sites for hydroxylation is 2. The highest BCUT2D eigenvalue weighted by atomic mass is 35.5. The van der Waals surface area contributed by atoms with E-state index in [1.54, 1.807) is 30.5 Å². The standard InChI is InChI=1S/C21H17ClFN3/c1-13-6-5-7-14(2)19(13)25-21-20(16-8-3-4-9-17(16)23)24-18-11-10-15(22)12-26(18)21/h3-12,25H,1-2H3. The minimum Gasteiger partial charge on any atom is -0.339 e. The van der Waals surface area contributed by atoms with Crippen LogP contribution < -0.4 is 5.32 Å². The first kappa shape index (κ1) is 16.6. The monoisotopic (exact) mass is 365 g/mol. The SMILES string of the molecule is Cc1cccc(C)c1Nc1c(-c2ccccc2F)nc2ccc(Cl)cn12. The zero-order valence-corrected chi connectivity index (χ0v) is 15.2. The third-order valence-corrected chi connectivity index (χ3v) is 4.66. The quantitative estimate of drug-likeness (QED) is 0.471. The van der Waals surface area contributed by atoms with Crippen molar-refractivity contribution in [3.05, 3.63) is 82.8 Å². The van der Waals surface area contributed by atoms with Crippen LogP contribution in [0, 0.1) is 19.7 Å². The third kappa shape index (κ3) is 2.82. The lowest BCUT2D eigenvalue weighted by molar-refractivity contribution is 0.631. The maximum atomic E-state index is 14.5. The van der Waals surface area contributed by atoms with Gasteiger partial charge in [0.15, 0.2) is 0 Å². The zero-order chi connectivity index (χ0) is 18.3. The second kappa shape index (κ2) is 6.46. The Kier molecular flexibility index (Phi) is 4.13. The first-order valence-corrected chi connectivity index (χ1v) is 8.68. The van der Waals surface area contributed by atoms with Gasteiger partial charge in [0.25, 0.3) is 0 Å². The molecule has 0 saturated carbocycles. The van der Waals surface area contributed by atoms with Crippen LogP contribution in [-0.2, 0) is 0 Å². The number of nitrogens with zero attached hydrogens (tertiary/aromatic N) is 2. The topological polar surface area (TPSA) is 29.3 Å². The van der Waals surface area contributed by atoms with Crippen molar-refractivity contribution in [3.63, 3.8) is 0 Å². The molecule has 5 heteroatoms. The fraction of sp³-hybridized carbons (Fsp3) is 0.0952. The fourth-order valence-corrected chi connectivity index (χ4v) is 3.27. The van der Waals surface area contributed by atoms with Crippen LogP contribution in [-0.4, -0.2) is 9.38 Å². The number of hydrogen-bond donors (Lipinski definition) is 1. The van der Waals surface area contributed by atoms with Crippen LogP contribution in [0.1, 0.15) is 11.1 Å². The lowest BCUT2D eigenvalue weighted by Gasteiger charge is -2.14. The molecular formula is C21H17ClFN3. The van der Waals surface area contributed by atoms with E-state index in [-0.39, 0.29) is 5.82 Å². The van der Waals surface area contributed by atoms with Crippen LogP contribution in [0.4, 0.5) is 15.9 Å². The first-order valence-electron chi connectivity index (χ1n) is 8.30. The molecule has 0 amide bonds. The summed E-state index contributed by atoms with van der Waals surface area (Å²) >= 11 is 6.19. The van der Waals surface area contributed by atoms with Crippen LogP contribution in [0.15, 0.2) is 60.8 Å². The van der Waals surface area contributed by atoms with Crippen molar-refractivity contribution in [1.82, 2.24) is 9.38 Å². The van der Waals surface area contributed by atoms with Crippen molar-refractivity contribution < 1.29 is 4.39 Å². The van der Waals surface area contributed by atoms with E-state index >= 15 is 0 Å². The number of nitrogens with one attached hydrogen (secondary N) is 1. The summed E-state index contributed by atoms with van der Waals surface area (Å²) < 4.78 is 16.3. The fourth-order valence-electron chi connectivity index (χ4n) is 3.11. The van der Waals surface area contributed by atoms with E-state index in [9.17, 15) is 4.39 Å². The van der Waals surface area contributed by atoms with Gasteiger partial charge in [0.2, 0.25) is 0 Å². The van der Waals surface area contributed by atoms with E-state index < -0.39 is 0 Å². The van der Waals surface area contributed by atoms with Crippen LogP contribution in [0.3, 0.4) is 0 Å². The van der Waals surface area contributed by atoms with E-state index in [4.69, 9.17) is 11.6 Å². The van der Waals surface area contributed by atoms with Gasteiger partial charge in [-0.15, -0.1) is 0 Å². The van der Waals surface area contributed by atoms with Crippen molar-refractivity contribution in [1.29, 1.82) is 0 Å². The lowest BCUT2D eigenvalue weighted by atomic mass is 10.1. The molecule has 0 saturated heterocycles. The first-order chi connectivity index (χ1) is 12.5. The van der Waals surface area contributed by atoms with Gasteiger partial charge in [-0.25, -0.2) is 9.37 Å². The minimum absolute atomic E-state index is 0.313. The largest absolute Gasteiger partial charge is 0.339 e. The van der Waals surface area contributed by atoms with E-state index in [1.807, 2.05) is 42.5 Å². The van der Waals surface area contributed by atoms with Gasteiger partial charge in [0.05, 0.1) is 5.02 Å². The Bertz CT molecular complexity index is 1100. The van der Waals surface area contributed by atoms with Crippen LogP contribution >= 0.6 is 11.6 Å². The summed E-state index contributed by atoms with van der Waals surface area (Å²) in [5.74, 6) is 0.372. The minimum atomic E-state index is -0.313. The molecule has 2 heterocycles. The Morgan fingerprint density at radius 1 is 0.962 bits per heavy atom. The molecule has 26 heavy (non-hydrogen) atoms. The molecule has 0 fully saturated rings. The summed E-state index contributed by atoms with van der Waals surface area (Å²) in [6, 6.07) is 16.3. The molecule has 0 unspecified atom stereocenters. The predicted octanol–water partition coefficient (Wildman–Crippen LogP) is 6.15. The van der Waals surface area contributed by atoms with E-state index in [0.717, 1.165) is 16.8 Å². The molecule has 4 aromatic rings. The van der Waals surface area contributed by atoms with Crippen molar-refractivity contribution >= 4 is 28.8 Å². The van der Waals surface area contributed by atoms with Crippen LogP contribution in [0.25, 0.3) is 16.9 Å². The molecule has 0 bridgehead atoms. The highest BCUT2D eigenvalue weighted by molar-refractivity contribution is 6.30. The maximum absolute atomic E-state index is 14.5. The van der Waals surface area contributed by atoms with Gasteiger partial charge >= 0.3 is 0 Å². The molecule has 0 aliphatic rings. The summed E-state index contributed by atoms with van der Waals surface area (Å²) in [6.07, 6.45) is 1.78. The summed E-state index contributed by atoms with van der Waals surface area (Å²) in [6.45, 7) is 4.07. The molecule has 4 rings (SSSR count). The van der Waals surface area contributed by atoms with Crippen LogP contribution in [0.2, 0.25) is 5.02 Å². The highest BCUT2D eigenvalue weighted by Crippen LogP contribution is 2.34. The summed E-state index contributed by atoms with van der Waals surface area (Å²) in [5, 5.41) is 4.04. The molecule has 0 spiro atoms. The summed E-state index contributed by atoms with van der Waals surface area (Å²) in [5.41, 5.74) is 4.87. The molecule has 130 valence electrons. The van der Waals surface area contributed by atoms with Crippen molar-refractivity contribution in [3.8, 4) is 11.3 Å². The second-order valence-corrected chi connectivity index (χ2v) is 6.69. The Hall–Kier alpha value is -2.85. The molecular weight excluding hydrogens is 349 g/mol. The number of rotatable bonds is 3. The predicted molar refractivity (Wildman–Crippen MR) is 105 cm³/mol. The van der Waals surface area contributed by atoms with Gasteiger partial charge in [-0.3, -0.25) is 4.40 Å². The molecule has 0 aliphatic carbocycles. The lowest BCUT2D eigenvalue weighted by Crippen LogP contribution is -2.01. The van der Waals surface area contributed by atoms with Gasteiger partial charge in [-0.2, -0.15) is 0 Å². The number of hydrogen-bond acceptors (Lipinski definition) is 2. The smallest absolute Gasteiger partial charge is 0.143 e. The van der Waals surface area contributed by atoms with E-state index in [2.05, 4.69) is 10.3 Å². The molecule has 0 atom stereocenters. The molecule has 0 aliphatic heterocycles.